The largest absolute Gasteiger partial charge is 0.472 e. The summed E-state index contributed by atoms with van der Waals surface area (Å²) in [7, 11) is 0.566. The molecule has 1 aliphatic heterocycles. The van der Waals surface area contributed by atoms with Crippen LogP contribution in [0.1, 0.15) is 31.1 Å². The maximum Gasteiger partial charge on any atom is 0.229 e. The summed E-state index contributed by atoms with van der Waals surface area (Å²) in [6.07, 6.45) is 4.44. The number of aromatic nitrogens is 5. The van der Waals surface area contributed by atoms with Crippen LogP contribution in [0.2, 0.25) is 0 Å². The average Bonchev–Trinajstić information content (AvgIpc) is 3.29. The molecule has 2 atom stereocenters. The molecule has 0 amide bonds. The molecule has 8 nitrogen and oxygen atoms in total. The number of benzene rings is 1. The first-order chi connectivity index (χ1) is 15.0. The van der Waals surface area contributed by atoms with Gasteiger partial charge >= 0.3 is 0 Å². The van der Waals surface area contributed by atoms with Crippen molar-refractivity contribution in [2.24, 2.45) is 7.05 Å². The number of rotatable bonds is 5. The number of ether oxygens (including phenoxy) is 2. The van der Waals surface area contributed by atoms with Crippen LogP contribution in [0.25, 0.3) is 22.1 Å². The highest BCUT2D eigenvalue weighted by Crippen LogP contribution is 2.39. The summed E-state index contributed by atoms with van der Waals surface area (Å²) in [4.78, 5) is 9.13. The zero-order valence-electron chi connectivity index (χ0n) is 17.2. The SMILES string of the molecule is Cn1c2nc(S(C)=O)nc(OCc3ccccc3)c2c2c1c(Br)nn2C1CCCCO1. The predicted molar refractivity (Wildman–Crippen MR) is 121 cm³/mol. The number of hydrogen-bond donors (Lipinski definition) is 0. The summed E-state index contributed by atoms with van der Waals surface area (Å²) in [6, 6.07) is 9.89. The molecule has 4 aromatic rings. The fourth-order valence-electron chi connectivity index (χ4n) is 3.98. The Hall–Kier alpha value is -2.30. The summed E-state index contributed by atoms with van der Waals surface area (Å²) in [6.45, 7) is 1.05. The number of nitrogens with zero attached hydrogens (tertiary/aromatic N) is 5. The maximum absolute atomic E-state index is 12.2. The first-order valence-corrected chi connectivity index (χ1v) is 12.5. The highest BCUT2D eigenvalue weighted by atomic mass is 79.9. The smallest absolute Gasteiger partial charge is 0.229 e. The highest BCUT2D eigenvalue weighted by Gasteiger charge is 2.28. The minimum Gasteiger partial charge on any atom is -0.472 e. The van der Waals surface area contributed by atoms with Crippen LogP contribution in [-0.2, 0) is 29.2 Å². The van der Waals surface area contributed by atoms with Gasteiger partial charge in [0.25, 0.3) is 0 Å². The van der Waals surface area contributed by atoms with Crippen LogP contribution in [0.4, 0.5) is 0 Å². The Bertz CT molecular complexity index is 1280. The molecule has 1 fully saturated rings. The molecule has 10 heteroatoms. The van der Waals surface area contributed by atoms with Gasteiger partial charge in [-0.25, -0.2) is 9.67 Å². The van der Waals surface area contributed by atoms with Crippen molar-refractivity contribution in [3.63, 3.8) is 0 Å². The Kier molecular flexibility index (Phi) is 5.53. The van der Waals surface area contributed by atoms with Crippen molar-refractivity contribution < 1.29 is 13.7 Å². The molecule has 0 aliphatic carbocycles. The highest BCUT2D eigenvalue weighted by molar-refractivity contribution is 9.10. The van der Waals surface area contributed by atoms with Crippen molar-refractivity contribution in [3.8, 4) is 5.88 Å². The number of halogens is 1. The van der Waals surface area contributed by atoms with E-state index in [1.54, 1.807) is 6.26 Å². The van der Waals surface area contributed by atoms with Gasteiger partial charge in [0.2, 0.25) is 11.0 Å². The molecule has 4 heterocycles. The summed E-state index contributed by atoms with van der Waals surface area (Å²) >= 11 is 3.60. The minimum absolute atomic E-state index is 0.157. The molecule has 0 saturated carbocycles. The lowest BCUT2D eigenvalue weighted by atomic mass is 10.2. The summed E-state index contributed by atoms with van der Waals surface area (Å²) < 4.78 is 29.0. The Morgan fingerprint density at radius 3 is 2.74 bits per heavy atom. The van der Waals surface area contributed by atoms with E-state index in [0.29, 0.717) is 29.3 Å². The van der Waals surface area contributed by atoms with E-state index >= 15 is 0 Å². The van der Waals surface area contributed by atoms with E-state index in [0.717, 1.165) is 41.2 Å². The Morgan fingerprint density at radius 1 is 1.23 bits per heavy atom. The van der Waals surface area contributed by atoms with Crippen LogP contribution in [0.3, 0.4) is 0 Å². The van der Waals surface area contributed by atoms with E-state index in [2.05, 4.69) is 25.9 Å². The minimum atomic E-state index is -1.35. The Labute approximate surface area is 190 Å². The zero-order valence-corrected chi connectivity index (χ0v) is 19.6. The first-order valence-electron chi connectivity index (χ1n) is 10.1. The second kappa shape index (κ2) is 8.33. The molecular weight excluding hydrogens is 482 g/mol. The van der Waals surface area contributed by atoms with Gasteiger partial charge in [0.05, 0.1) is 10.8 Å². The van der Waals surface area contributed by atoms with Gasteiger partial charge < -0.3 is 14.0 Å². The third-order valence-corrected chi connectivity index (χ3v) is 6.71. The number of aryl methyl sites for hydroxylation is 1. The van der Waals surface area contributed by atoms with Gasteiger partial charge in [-0.15, -0.1) is 0 Å². The van der Waals surface area contributed by atoms with Gasteiger partial charge in [0.1, 0.15) is 23.0 Å². The summed E-state index contributed by atoms with van der Waals surface area (Å²) in [5, 5.41) is 5.70. The second-order valence-corrected chi connectivity index (χ2v) is 9.58. The predicted octanol–water partition coefficient (Wildman–Crippen LogP) is 4.10. The van der Waals surface area contributed by atoms with Crippen molar-refractivity contribution in [1.29, 1.82) is 0 Å². The van der Waals surface area contributed by atoms with Crippen LogP contribution in [0.5, 0.6) is 5.88 Å². The lowest BCUT2D eigenvalue weighted by Gasteiger charge is -2.23. The van der Waals surface area contributed by atoms with Gasteiger partial charge in [0, 0.05) is 19.9 Å². The quantitative estimate of drug-likeness (QED) is 0.381. The molecule has 162 valence electrons. The van der Waals surface area contributed by atoms with Crippen LogP contribution in [-0.4, -0.2) is 41.4 Å². The van der Waals surface area contributed by atoms with Gasteiger partial charge in [-0.3, -0.25) is 4.21 Å². The monoisotopic (exact) mass is 503 g/mol. The number of fused-ring (bicyclic) bond motifs is 3. The molecule has 3 aromatic heterocycles. The van der Waals surface area contributed by atoms with Crippen LogP contribution >= 0.6 is 15.9 Å². The van der Waals surface area contributed by atoms with E-state index in [1.165, 1.54) is 0 Å². The molecule has 0 bridgehead atoms. The molecule has 1 saturated heterocycles. The summed E-state index contributed by atoms with van der Waals surface area (Å²) in [5.74, 6) is 0.397. The molecule has 2 unspecified atom stereocenters. The molecule has 1 aromatic carbocycles. The van der Waals surface area contributed by atoms with Crippen molar-refractivity contribution in [3.05, 3.63) is 40.5 Å². The van der Waals surface area contributed by atoms with Gasteiger partial charge in [-0.2, -0.15) is 10.1 Å². The van der Waals surface area contributed by atoms with Crippen molar-refractivity contribution in [2.45, 2.75) is 37.3 Å². The fourth-order valence-corrected chi connectivity index (χ4v) is 5.03. The van der Waals surface area contributed by atoms with E-state index in [-0.39, 0.29) is 11.4 Å². The zero-order chi connectivity index (χ0) is 21.5. The number of hydrogen-bond acceptors (Lipinski definition) is 6. The topological polar surface area (TPSA) is 84.1 Å². The summed E-state index contributed by atoms with van der Waals surface area (Å²) in [5.41, 5.74) is 3.40. The third-order valence-electron chi connectivity index (χ3n) is 5.47. The van der Waals surface area contributed by atoms with Crippen molar-refractivity contribution >= 4 is 48.8 Å². The molecule has 31 heavy (non-hydrogen) atoms. The van der Waals surface area contributed by atoms with Gasteiger partial charge in [0.15, 0.2) is 16.5 Å². The van der Waals surface area contributed by atoms with E-state index in [4.69, 9.17) is 14.6 Å². The van der Waals surface area contributed by atoms with Crippen molar-refractivity contribution in [1.82, 2.24) is 24.3 Å². The average molecular weight is 504 g/mol. The molecule has 1 aliphatic rings. The second-order valence-electron chi connectivity index (χ2n) is 7.55. The van der Waals surface area contributed by atoms with Crippen LogP contribution in [0, 0.1) is 0 Å². The van der Waals surface area contributed by atoms with Crippen LogP contribution < -0.4 is 4.74 Å². The van der Waals surface area contributed by atoms with Gasteiger partial charge in [-0.1, -0.05) is 30.3 Å². The standard InChI is InChI=1S/C21H22BrN5O3S/c1-26-17-16(27(25-18(17)22)14-10-6-7-11-29-14)15-19(26)23-21(31(2)28)24-20(15)30-12-13-8-4-3-5-9-13/h3-5,8-9,14H,6-7,10-12H2,1-2H3. The maximum atomic E-state index is 12.2. The van der Waals surface area contributed by atoms with Crippen LogP contribution in [0.15, 0.2) is 40.1 Å². The Balaban J connectivity index is 1.72. The Morgan fingerprint density at radius 2 is 2.03 bits per heavy atom. The van der Waals surface area contributed by atoms with Crippen molar-refractivity contribution in [2.75, 3.05) is 12.9 Å². The van der Waals surface area contributed by atoms with E-state index in [9.17, 15) is 4.21 Å². The molecule has 0 N–H and O–H groups in total. The third kappa shape index (κ3) is 3.66. The molecule has 0 spiro atoms. The van der Waals surface area contributed by atoms with E-state index in [1.807, 2.05) is 46.6 Å². The van der Waals surface area contributed by atoms with E-state index < -0.39 is 10.8 Å². The molecular formula is C21H22BrN5O3S. The lowest BCUT2D eigenvalue weighted by molar-refractivity contribution is -0.0367. The first kappa shape index (κ1) is 20.6. The normalized spacial score (nSPS) is 18.0. The fraction of sp³-hybridized carbons (Fsp3) is 0.381. The lowest BCUT2D eigenvalue weighted by Crippen LogP contribution is -2.19. The van der Waals surface area contributed by atoms with Gasteiger partial charge in [-0.05, 0) is 40.8 Å². The molecule has 5 rings (SSSR count). The molecule has 0 radical (unpaired) electrons.